The third kappa shape index (κ3) is 3.00. The summed E-state index contributed by atoms with van der Waals surface area (Å²) in [7, 11) is 0. The second kappa shape index (κ2) is 6.05. The molecule has 114 valence electrons. The molecule has 0 saturated heterocycles. The molecule has 3 rings (SSSR count). The first-order chi connectivity index (χ1) is 11.1. The molecular formula is C19H16FN3. The molecule has 3 nitrogen and oxygen atoms in total. The molecule has 1 heterocycles. The van der Waals surface area contributed by atoms with E-state index in [-0.39, 0.29) is 11.9 Å². The molecule has 4 heteroatoms. The summed E-state index contributed by atoms with van der Waals surface area (Å²) in [6, 6.07) is 16.4. The highest BCUT2D eigenvalue weighted by Gasteiger charge is 2.11. The van der Waals surface area contributed by atoms with Crippen LogP contribution < -0.4 is 5.32 Å². The topological polar surface area (TPSA) is 48.7 Å². The smallest absolute Gasteiger partial charge is 0.149 e. The standard InChI is InChI=1S/C19H16FN3/c1-12-9-18(16-7-4-8-17(20)19(16)22-12)23-13(2)15-6-3-5-14(10-15)11-21/h3-10,13H,1-2H3,(H,22,23). The lowest BCUT2D eigenvalue weighted by molar-refractivity contribution is 0.636. The second-order valence-corrected chi connectivity index (χ2v) is 5.55. The van der Waals surface area contributed by atoms with E-state index in [0.717, 1.165) is 22.3 Å². The number of aryl methyl sites for hydroxylation is 1. The van der Waals surface area contributed by atoms with Gasteiger partial charge in [-0.1, -0.05) is 24.3 Å². The van der Waals surface area contributed by atoms with Gasteiger partial charge in [0, 0.05) is 22.8 Å². The zero-order valence-corrected chi connectivity index (χ0v) is 13.0. The minimum atomic E-state index is -0.326. The predicted octanol–water partition coefficient (Wildman–Crippen LogP) is 4.73. The fourth-order valence-electron chi connectivity index (χ4n) is 2.66. The van der Waals surface area contributed by atoms with E-state index in [4.69, 9.17) is 5.26 Å². The van der Waals surface area contributed by atoms with Crippen molar-refractivity contribution in [3.63, 3.8) is 0 Å². The lowest BCUT2D eigenvalue weighted by Gasteiger charge is -2.18. The van der Waals surface area contributed by atoms with E-state index in [1.165, 1.54) is 6.07 Å². The number of benzene rings is 2. The summed E-state index contributed by atoms with van der Waals surface area (Å²) < 4.78 is 14.0. The van der Waals surface area contributed by atoms with Crippen molar-refractivity contribution in [1.29, 1.82) is 5.26 Å². The number of para-hydroxylation sites is 1. The number of anilines is 1. The van der Waals surface area contributed by atoms with E-state index in [9.17, 15) is 4.39 Å². The number of nitrogens with zero attached hydrogens (tertiary/aromatic N) is 2. The minimum Gasteiger partial charge on any atom is -0.378 e. The molecule has 0 radical (unpaired) electrons. The van der Waals surface area contributed by atoms with Crippen molar-refractivity contribution < 1.29 is 4.39 Å². The summed E-state index contributed by atoms with van der Waals surface area (Å²) in [6.07, 6.45) is 0. The van der Waals surface area contributed by atoms with Crippen LogP contribution in [0.4, 0.5) is 10.1 Å². The maximum atomic E-state index is 14.0. The molecule has 3 aromatic rings. The molecular weight excluding hydrogens is 289 g/mol. The van der Waals surface area contributed by atoms with Crippen molar-refractivity contribution in [3.8, 4) is 6.07 Å². The van der Waals surface area contributed by atoms with Gasteiger partial charge in [0.2, 0.25) is 0 Å². The van der Waals surface area contributed by atoms with Gasteiger partial charge in [-0.15, -0.1) is 0 Å². The number of nitrogens with one attached hydrogen (secondary N) is 1. The van der Waals surface area contributed by atoms with Crippen molar-refractivity contribution >= 4 is 16.6 Å². The Labute approximate surface area is 134 Å². The van der Waals surface area contributed by atoms with Crippen molar-refractivity contribution in [3.05, 3.63) is 71.2 Å². The molecule has 2 aromatic carbocycles. The first-order valence-electron chi connectivity index (χ1n) is 7.41. The lowest BCUT2D eigenvalue weighted by atomic mass is 10.0. The Morgan fingerprint density at radius 2 is 1.96 bits per heavy atom. The highest BCUT2D eigenvalue weighted by atomic mass is 19.1. The van der Waals surface area contributed by atoms with Crippen molar-refractivity contribution in [1.82, 2.24) is 4.98 Å². The van der Waals surface area contributed by atoms with Crippen LogP contribution in [0, 0.1) is 24.1 Å². The Balaban J connectivity index is 2.01. The minimum absolute atomic E-state index is 0.0171. The normalized spacial score (nSPS) is 11.9. The van der Waals surface area contributed by atoms with Gasteiger partial charge in [-0.2, -0.15) is 5.26 Å². The van der Waals surface area contributed by atoms with E-state index >= 15 is 0 Å². The van der Waals surface area contributed by atoms with E-state index in [1.54, 1.807) is 12.1 Å². The third-order valence-electron chi connectivity index (χ3n) is 3.81. The molecule has 1 aromatic heterocycles. The number of aromatic nitrogens is 1. The summed E-state index contributed by atoms with van der Waals surface area (Å²) >= 11 is 0. The molecule has 0 saturated carbocycles. The van der Waals surface area contributed by atoms with Crippen LogP contribution in [-0.4, -0.2) is 4.98 Å². The van der Waals surface area contributed by atoms with Gasteiger partial charge in [0.05, 0.1) is 11.6 Å². The van der Waals surface area contributed by atoms with Crippen LogP contribution in [0.5, 0.6) is 0 Å². The molecule has 1 N–H and O–H groups in total. The summed E-state index contributed by atoms with van der Waals surface area (Å²) in [4.78, 5) is 4.29. The first kappa shape index (κ1) is 15.0. The largest absolute Gasteiger partial charge is 0.378 e. The first-order valence-corrected chi connectivity index (χ1v) is 7.41. The van der Waals surface area contributed by atoms with Crippen LogP contribution in [0.3, 0.4) is 0 Å². The Kier molecular flexibility index (Phi) is 3.94. The van der Waals surface area contributed by atoms with Gasteiger partial charge in [-0.05, 0) is 43.7 Å². The highest BCUT2D eigenvalue weighted by Crippen LogP contribution is 2.28. The maximum Gasteiger partial charge on any atom is 0.149 e. The van der Waals surface area contributed by atoms with Crippen molar-refractivity contribution in [2.45, 2.75) is 19.9 Å². The summed E-state index contributed by atoms with van der Waals surface area (Å²) in [5, 5.41) is 13.2. The van der Waals surface area contributed by atoms with Crippen molar-refractivity contribution in [2.75, 3.05) is 5.32 Å². The SMILES string of the molecule is Cc1cc(NC(C)c2cccc(C#N)c2)c2cccc(F)c2n1. The second-order valence-electron chi connectivity index (χ2n) is 5.55. The van der Waals surface area contributed by atoms with Crippen LogP contribution in [-0.2, 0) is 0 Å². The Morgan fingerprint density at radius 3 is 2.74 bits per heavy atom. The van der Waals surface area contributed by atoms with Gasteiger partial charge in [0.25, 0.3) is 0 Å². The molecule has 0 aliphatic rings. The van der Waals surface area contributed by atoms with Gasteiger partial charge < -0.3 is 5.32 Å². The van der Waals surface area contributed by atoms with E-state index in [2.05, 4.69) is 16.4 Å². The van der Waals surface area contributed by atoms with Crippen LogP contribution in [0.1, 0.15) is 29.8 Å². The molecule has 0 fully saturated rings. The lowest BCUT2D eigenvalue weighted by Crippen LogP contribution is -2.08. The van der Waals surface area contributed by atoms with Gasteiger partial charge in [0.1, 0.15) is 11.3 Å². The number of halogens is 1. The molecule has 0 spiro atoms. The van der Waals surface area contributed by atoms with E-state index in [0.29, 0.717) is 11.1 Å². The van der Waals surface area contributed by atoms with Crippen LogP contribution >= 0.6 is 0 Å². The quantitative estimate of drug-likeness (QED) is 0.761. The Morgan fingerprint density at radius 1 is 1.17 bits per heavy atom. The fourth-order valence-corrected chi connectivity index (χ4v) is 2.66. The van der Waals surface area contributed by atoms with Crippen LogP contribution in [0.2, 0.25) is 0 Å². The average molecular weight is 305 g/mol. The van der Waals surface area contributed by atoms with Gasteiger partial charge in [-0.3, -0.25) is 0 Å². The third-order valence-corrected chi connectivity index (χ3v) is 3.81. The molecule has 1 atom stereocenters. The molecule has 0 amide bonds. The molecule has 23 heavy (non-hydrogen) atoms. The zero-order valence-electron chi connectivity index (χ0n) is 13.0. The molecule has 0 aliphatic carbocycles. The number of fused-ring (bicyclic) bond motifs is 1. The van der Waals surface area contributed by atoms with Crippen LogP contribution in [0.25, 0.3) is 10.9 Å². The number of hydrogen-bond donors (Lipinski definition) is 1. The van der Waals surface area contributed by atoms with E-state index < -0.39 is 0 Å². The molecule has 1 unspecified atom stereocenters. The zero-order chi connectivity index (χ0) is 16.4. The maximum absolute atomic E-state index is 14.0. The Hall–Kier alpha value is -2.93. The highest BCUT2D eigenvalue weighted by molar-refractivity contribution is 5.92. The Bertz CT molecular complexity index is 912. The average Bonchev–Trinajstić information content (AvgIpc) is 2.56. The summed E-state index contributed by atoms with van der Waals surface area (Å²) in [5.41, 5.74) is 3.58. The van der Waals surface area contributed by atoms with Gasteiger partial charge in [0.15, 0.2) is 0 Å². The van der Waals surface area contributed by atoms with Gasteiger partial charge in [-0.25, -0.2) is 9.37 Å². The summed E-state index contributed by atoms with van der Waals surface area (Å²) in [5.74, 6) is -0.326. The molecule has 0 bridgehead atoms. The predicted molar refractivity (Wildman–Crippen MR) is 89.6 cm³/mol. The van der Waals surface area contributed by atoms with Gasteiger partial charge >= 0.3 is 0 Å². The number of hydrogen-bond acceptors (Lipinski definition) is 3. The number of nitriles is 1. The number of rotatable bonds is 3. The fraction of sp³-hybridized carbons (Fsp3) is 0.158. The number of pyridine rings is 1. The summed E-state index contributed by atoms with van der Waals surface area (Å²) in [6.45, 7) is 3.86. The van der Waals surface area contributed by atoms with Crippen LogP contribution in [0.15, 0.2) is 48.5 Å². The molecule has 0 aliphatic heterocycles. The van der Waals surface area contributed by atoms with E-state index in [1.807, 2.05) is 44.2 Å². The van der Waals surface area contributed by atoms with Crippen molar-refractivity contribution in [2.24, 2.45) is 0 Å². The monoisotopic (exact) mass is 305 g/mol.